The van der Waals surface area contributed by atoms with Crippen LogP contribution in [0.15, 0.2) is 30.3 Å². The van der Waals surface area contributed by atoms with Crippen LogP contribution in [0.5, 0.6) is 0 Å². The highest BCUT2D eigenvalue weighted by molar-refractivity contribution is 5.88. The van der Waals surface area contributed by atoms with Crippen LogP contribution in [0, 0.1) is 5.92 Å². The van der Waals surface area contributed by atoms with Gasteiger partial charge in [0.05, 0.1) is 0 Å². The Morgan fingerprint density at radius 3 is 2.50 bits per heavy atom. The van der Waals surface area contributed by atoms with Crippen LogP contribution in [-0.4, -0.2) is 38.1 Å². The van der Waals surface area contributed by atoms with Gasteiger partial charge in [-0.1, -0.05) is 30.3 Å². The van der Waals surface area contributed by atoms with Crippen LogP contribution in [-0.2, 0) is 14.7 Å². The van der Waals surface area contributed by atoms with Crippen LogP contribution in [0.1, 0.15) is 24.4 Å². The van der Waals surface area contributed by atoms with Crippen molar-refractivity contribution in [3.05, 3.63) is 35.9 Å². The summed E-state index contributed by atoms with van der Waals surface area (Å²) in [5.41, 5.74) is 0.673. The lowest BCUT2D eigenvalue weighted by molar-refractivity contribution is -0.131. The maximum Gasteiger partial charge on any atom is 0.250 e. The molecule has 1 aliphatic heterocycles. The van der Waals surface area contributed by atoms with E-state index in [1.54, 1.807) is 24.3 Å². The number of carbonyl (C=O) groups excluding carboxylic acids is 2. The molecule has 2 rings (SSSR count). The lowest BCUT2D eigenvalue weighted by Gasteiger charge is -2.24. The van der Waals surface area contributed by atoms with Crippen molar-refractivity contribution < 1.29 is 14.7 Å². The number of hydrogen-bond acceptors (Lipinski definition) is 3. The molecule has 1 saturated heterocycles. The lowest BCUT2D eigenvalue weighted by Crippen LogP contribution is -2.43. The minimum atomic E-state index is -0.884. The minimum Gasteiger partial charge on any atom is -0.354 e. The zero-order chi connectivity index (χ0) is 15.8. The Labute approximate surface area is 130 Å². The van der Waals surface area contributed by atoms with Gasteiger partial charge in [0.15, 0.2) is 6.61 Å². The van der Waals surface area contributed by atoms with Crippen molar-refractivity contribution in [1.29, 1.82) is 0 Å². The van der Waals surface area contributed by atoms with Crippen molar-refractivity contribution in [2.45, 2.75) is 18.9 Å². The molecule has 1 aromatic carbocycles. The van der Waals surface area contributed by atoms with Gasteiger partial charge < -0.3 is 16.0 Å². The first-order valence-corrected chi connectivity index (χ1v) is 7.61. The number of carbonyl (C=O) groups is 2. The third-order valence-corrected chi connectivity index (χ3v) is 3.86. The monoisotopic (exact) mass is 304 g/mol. The van der Waals surface area contributed by atoms with Crippen molar-refractivity contribution in [3.8, 4) is 0 Å². The molecule has 0 bridgehead atoms. The molecule has 6 nitrogen and oxygen atoms in total. The Kier molecular flexibility index (Phi) is 6.36. The number of hydrogen-bond donors (Lipinski definition) is 3. The largest absolute Gasteiger partial charge is 0.354 e. The van der Waals surface area contributed by atoms with Gasteiger partial charge in [-0.3, -0.25) is 9.59 Å². The molecule has 119 valence electrons. The predicted octanol–water partition coefficient (Wildman–Crippen LogP) is 0.390. The molecular formula is C16H22N3O3. The average Bonchev–Trinajstić information content (AvgIpc) is 2.59. The summed E-state index contributed by atoms with van der Waals surface area (Å²) in [6, 6.07) is 8.14. The predicted molar refractivity (Wildman–Crippen MR) is 81.5 cm³/mol. The fourth-order valence-corrected chi connectivity index (χ4v) is 2.58. The Morgan fingerprint density at radius 2 is 1.86 bits per heavy atom. The van der Waals surface area contributed by atoms with Crippen LogP contribution in [0.25, 0.3) is 0 Å². The van der Waals surface area contributed by atoms with Gasteiger partial charge in [0.25, 0.3) is 0 Å². The first-order chi connectivity index (χ1) is 10.7. The molecule has 0 saturated carbocycles. The maximum absolute atomic E-state index is 12.4. The summed E-state index contributed by atoms with van der Waals surface area (Å²) in [6.07, 6.45) is 2.06. The Bertz CT molecular complexity index is 487. The molecule has 1 heterocycles. The van der Waals surface area contributed by atoms with Crippen LogP contribution in [0.4, 0.5) is 0 Å². The number of piperidine rings is 1. The molecular weight excluding hydrogens is 282 g/mol. The van der Waals surface area contributed by atoms with E-state index in [-0.39, 0.29) is 5.91 Å². The highest BCUT2D eigenvalue weighted by atomic mass is 16.3. The molecule has 1 aromatic rings. The third-order valence-electron chi connectivity index (χ3n) is 3.86. The second-order valence-electron chi connectivity index (χ2n) is 5.49. The van der Waals surface area contributed by atoms with E-state index in [0.717, 1.165) is 25.9 Å². The van der Waals surface area contributed by atoms with Gasteiger partial charge in [-0.25, -0.2) is 5.11 Å². The Hall–Kier alpha value is -1.92. The number of rotatable bonds is 6. The molecule has 6 heteroatoms. The fourth-order valence-electron chi connectivity index (χ4n) is 2.58. The van der Waals surface area contributed by atoms with E-state index in [1.165, 1.54) is 0 Å². The maximum atomic E-state index is 12.4. The van der Waals surface area contributed by atoms with Gasteiger partial charge in [-0.2, -0.15) is 0 Å². The second kappa shape index (κ2) is 8.51. The molecule has 1 radical (unpaired) electrons. The summed E-state index contributed by atoms with van der Waals surface area (Å²) in [4.78, 5) is 23.8. The Morgan fingerprint density at radius 1 is 1.18 bits per heavy atom. The van der Waals surface area contributed by atoms with Gasteiger partial charge in [-0.15, -0.1) is 0 Å². The molecule has 0 aliphatic carbocycles. The summed E-state index contributed by atoms with van der Waals surface area (Å²) < 4.78 is 0. The van der Waals surface area contributed by atoms with Gasteiger partial charge in [0.2, 0.25) is 11.8 Å². The first kappa shape index (κ1) is 16.5. The van der Waals surface area contributed by atoms with E-state index >= 15 is 0 Å². The summed E-state index contributed by atoms with van der Waals surface area (Å²) in [6.45, 7) is 1.65. The smallest absolute Gasteiger partial charge is 0.250 e. The summed E-state index contributed by atoms with van der Waals surface area (Å²) in [7, 11) is 0. The molecule has 0 aromatic heterocycles. The number of amides is 2. The van der Waals surface area contributed by atoms with Crippen molar-refractivity contribution in [2.75, 3.05) is 26.2 Å². The Balaban J connectivity index is 1.97. The van der Waals surface area contributed by atoms with E-state index in [2.05, 4.69) is 16.0 Å². The quantitative estimate of drug-likeness (QED) is 0.710. The number of benzene rings is 1. The molecule has 1 aliphatic rings. The van der Waals surface area contributed by atoms with Crippen molar-refractivity contribution in [1.82, 2.24) is 16.0 Å². The van der Waals surface area contributed by atoms with Crippen LogP contribution >= 0.6 is 0 Å². The van der Waals surface area contributed by atoms with Gasteiger partial charge in [0.1, 0.15) is 6.04 Å². The summed E-state index contributed by atoms with van der Waals surface area (Å²) in [5.74, 6) is -0.491. The number of nitrogens with one attached hydrogen (secondary N) is 3. The van der Waals surface area contributed by atoms with E-state index in [4.69, 9.17) is 0 Å². The van der Waals surface area contributed by atoms with E-state index < -0.39 is 18.6 Å². The molecule has 0 spiro atoms. The van der Waals surface area contributed by atoms with Crippen LogP contribution in [0.2, 0.25) is 0 Å². The average molecular weight is 304 g/mol. The molecule has 1 fully saturated rings. The molecule has 2 amide bonds. The third kappa shape index (κ3) is 4.82. The zero-order valence-electron chi connectivity index (χ0n) is 12.5. The van der Waals surface area contributed by atoms with E-state index in [1.807, 2.05) is 6.07 Å². The molecule has 22 heavy (non-hydrogen) atoms. The van der Waals surface area contributed by atoms with Gasteiger partial charge in [0, 0.05) is 6.54 Å². The van der Waals surface area contributed by atoms with Crippen LogP contribution in [0.3, 0.4) is 0 Å². The van der Waals surface area contributed by atoms with Crippen LogP contribution < -0.4 is 16.0 Å². The topological polar surface area (TPSA) is 90.1 Å². The summed E-state index contributed by atoms with van der Waals surface area (Å²) >= 11 is 0. The minimum absolute atomic E-state index is 0.272. The van der Waals surface area contributed by atoms with Gasteiger partial charge >= 0.3 is 0 Å². The highest BCUT2D eigenvalue weighted by Gasteiger charge is 2.23. The molecule has 1 atom stereocenters. The first-order valence-electron chi connectivity index (χ1n) is 7.61. The lowest BCUT2D eigenvalue weighted by atomic mass is 9.98. The molecule has 0 unspecified atom stereocenters. The van der Waals surface area contributed by atoms with Crippen molar-refractivity contribution in [3.63, 3.8) is 0 Å². The normalized spacial score (nSPS) is 16.8. The fraction of sp³-hybridized carbons (Fsp3) is 0.500. The second-order valence-corrected chi connectivity index (χ2v) is 5.49. The highest BCUT2D eigenvalue weighted by Crippen LogP contribution is 2.14. The SMILES string of the molecule is [O]CC(=O)N[C@@H](C(=O)NCC1CCNCC1)c1ccccc1. The van der Waals surface area contributed by atoms with Gasteiger partial charge in [-0.05, 0) is 37.4 Å². The van der Waals surface area contributed by atoms with E-state index in [0.29, 0.717) is 18.0 Å². The zero-order valence-corrected chi connectivity index (χ0v) is 12.5. The molecule has 3 N–H and O–H groups in total. The van der Waals surface area contributed by atoms with E-state index in [9.17, 15) is 14.7 Å². The van der Waals surface area contributed by atoms with Crippen molar-refractivity contribution >= 4 is 11.8 Å². The van der Waals surface area contributed by atoms with Crippen molar-refractivity contribution in [2.24, 2.45) is 5.92 Å². The summed E-state index contributed by atoms with van der Waals surface area (Å²) in [5, 5.41) is 19.3. The standard InChI is InChI=1S/C16H22N3O3/c20-11-14(21)19-15(13-4-2-1-3-5-13)16(22)18-10-12-6-8-17-9-7-12/h1-5,12,15,17H,6-11H2,(H,18,22)(H,19,21)/t15-/m1/s1.